The van der Waals surface area contributed by atoms with E-state index in [1.54, 1.807) is 0 Å². The number of para-hydroxylation sites is 1. The van der Waals surface area contributed by atoms with Crippen molar-refractivity contribution in [2.24, 2.45) is 0 Å². The van der Waals surface area contributed by atoms with E-state index in [0.29, 0.717) is 6.04 Å². The summed E-state index contributed by atoms with van der Waals surface area (Å²) in [5.74, 6) is 0.0515. The van der Waals surface area contributed by atoms with E-state index in [1.807, 2.05) is 44.3 Å². The first-order valence-electron chi connectivity index (χ1n) is 6.47. The van der Waals surface area contributed by atoms with Gasteiger partial charge in [0.2, 0.25) is 5.91 Å². The maximum atomic E-state index is 12.1. The predicted octanol–water partition coefficient (Wildman–Crippen LogP) is 1.31. The molecule has 2 atom stereocenters. The molecule has 2 unspecified atom stereocenters. The molecule has 1 amide bonds. The third-order valence-corrected chi connectivity index (χ3v) is 3.64. The fraction of sp³-hybridized carbons (Fsp3) is 0.500. The van der Waals surface area contributed by atoms with Crippen molar-refractivity contribution in [1.82, 2.24) is 10.2 Å². The summed E-state index contributed by atoms with van der Waals surface area (Å²) in [6.45, 7) is 3.97. The Labute approximate surface area is 108 Å². The van der Waals surface area contributed by atoms with Crippen LogP contribution < -0.4 is 10.6 Å². The molecule has 0 aromatic heterocycles. The third-order valence-electron chi connectivity index (χ3n) is 3.64. The van der Waals surface area contributed by atoms with Gasteiger partial charge in [0, 0.05) is 18.3 Å². The zero-order valence-electron chi connectivity index (χ0n) is 11.0. The Morgan fingerprint density at radius 3 is 2.78 bits per heavy atom. The lowest BCUT2D eigenvalue weighted by molar-refractivity contribution is -0.120. The SMILES string of the molecule is CC(C(=O)Nc1ccccc1)N(C)C1CCNC1. The van der Waals surface area contributed by atoms with Gasteiger partial charge in [0.25, 0.3) is 0 Å². The van der Waals surface area contributed by atoms with Crippen LogP contribution in [0.1, 0.15) is 13.3 Å². The number of carbonyl (C=O) groups excluding carboxylic acids is 1. The highest BCUT2D eigenvalue weighted by Crippen LogP contribution is 2.12. The Morgan fingerprint density at radius 1 is 1.44 bits per heavy atom. The lowest BCUT2D eigenvalue weighted by Gasteiger charge is -2.29. The third kappa shape index (κ3) is 3.09. The second-order valence-corrected chi connectivity index (χ2v) is 4.84. The summed E-state index contributed by atoms with van der Waals surface area (Å²) in [6.07, 6.45) is 1.11. The Balaban J connectivity index is 1.91. The molecule has 98 valence electrons. The van der Waals surface area contributed by atoms with Gasteiger partial charge in [-0.3, -0.25) is 9.69 Å². The summed E-state index contributed by atoms with van der Waals surface area (Å²) in [4.78, 5) is 14.3. The number of carbonyl (C=O) groups is 1. The van der Waals surface area contributed by atoms with Crippen LogP contribution in [0.2, 0.25) is 0 Å². The molecule has 18 heavy (non-hydrogen) atoms. The second-order valence-electron chi connectivity index (χ2n) is 4.84. The predicted molar refractivity (Wildman–Crippen MR) is 73.6 cm³/mol. The molecule has 0 aliphatic carbocycles. The molecule has 4 nitrogen and oxygen atoms in total. The number of amides is 1. The summed E-state index contributed by atoms with van der Waals surface area (Å²) < 4.78 is 0. The molecule has 0 bridgehead atoms. The van der Waals surface area contributed by atoms with Gasteiger partial charge in [-0.25, -0.2) is 0 Å². The van der Waals surface area contributed by atoms with Crippen molar-refractivity contribution in [3.05, 3.63) is 30.3 Å². The van der Waals surface area contributed by atoms with Gasteiger partial charge < -0.3 is 10.6 Å². The van der Waals surface area contributed by atoms with E-state index >= 15 is 0 Å². The minimum absolute atomic E-state index is 0.0515. The van der Waals surface area contributed by atoms with Gasteiger partial charge in [-0.1, -0.05) is 18.2 Å². The highest BCUT2D eigenvalue weighted by Gasteiger charge is 2.26. The molecule has 0 saturated carbocycles. The number of nitrogens with zero attached hydrogens (tertiary/aromatic N) is 1. The number of rotatable bonds is 4. The van der Waals surface area contributed by atoms with Crippen LogP contribution in [-0.2, 0) is 4.79 Å². The zero-order chi connectivity index (χ0) is 13.0. The summed E-state index contributed by atoms with van der Waals surface area (Å²) in [5.41, 5.74) is 0.854. The highest BCUT2D eigenvalue weighted by molar-refractivity contribution is 5.94. The largest absolute Gasteiger partial charge is 0.325 e. The number of anilines is 1. The van der Waals surface area contributed by atoms with Crippen LogP contribution in [0.25, 0.3) is 0 Å². The summed E-state index contributed by atoms with van der Waals surface area (Å²) in [6, 6.07) is 9.94. The lowest BCUT2D eigenvalue weighted by atomic mass is 10.1. The van der Waals surface area contributed by atoms with Crippen molar-refractivity contribution in [3.63, 3.8) is 0 Å². The summed E-state index contributed by atoms with van der Waals surface area (Å²) >= 11 is 0. The Bertz CT molecular complexity index is 387. The van der Waals surface area contributed by atoms with Crippen molar-refractivity contribution >= 4 is 11.6 Å². The molecule has 1 heterocycles. The quantitative estimate of drug-likeness (QED) is 0.843. The molecule has 0 radical (unpaired) electrons. The summed E-state index contributed by atoms with van der Waals surface area (Å²) in [7, 11) is 2.02. The van der Waals surface area contributed by atoms with E-state index in [2.05, 4.69) is 15.5 Å². The van der Waals surface area contributed by atoms with Crippen LogP contribution in [0.15, 0.2) is 30.3 Å². The zero-order valence-corrected chi connectivity index (χ0v) is 11.0. The fourth-order valence-corrected chi connectivity index (χ4v) is 2.26. The molecule has 1 saturated heterocycles. The minimum atomic E-state index is -0.116. The monoisotopic (exact) mass is 247 g/mol. The minimum Gasteiger partial charge on any atom is -0.325 e. The van der Waals surface area contributed by atoms with Gasteiger partial charge in [-0.05, 0) is 39.1 Å². The average Bonchev–Trinajstić information content (AvgIpc) is 2.92. The van der Waals surface area contributed by atoms with Crippen LogP contribution in [0, 0.1) is 0 Å². The molecule has 1 aromatic carbocycles. The van der Waals surface area contributed by atoms with Crippen molar-refractivity contribution < 1.29 is 4.79 Å². The molecule has 1 aromatic rings. The van der Waals surface area contributed by atoms with Gasteiger partial charge in [-0.2, -0.15) is 0 Å². The number of hydrogen-bond donors (Lipinski definition) is 2. The lowest BCUT2D eigenvalue weighted by Crippen LogP contribution is -2.46. The highest BCUT2D eigenvalue weighted by atomic mass is 16.2. The standard InChI is InChI=1S/C14H21N3O/c1-11(17(2)13-8-9-15-10-13)14(18)16-12-6-4-3-5-7-12/h3-7,11,13,15H,8-10H2,1-2H3,(H,16,18). The van der Waals surface area contributed by atoms with E-state index < -0.39 is 0 Å². The number of nitrogens with one attached hydrogen (secondary N) is 2. The first kappa shape index (κ1) is 13.1. The maximum absolute atomic E-state index is 12.1. The molecule has 1 aliphatic rings. The van der Waals surface area contributed by atoms with E-state index in [-0.39, 0.29) is 11.9 Å². The Kier molecular flexibility index (Phi) is 4.33. The molecule has 0 spiro atoms. The topological polar surface area (TPSA) is 44.4 Å². The molecule has 1 aliphatic heterocycles. The van der Waals surface area contributed by atoms with E-state index in [1.165, 1.54) is 0 Å². The average molecular weight is 247 g/mol. The Morgan fingerprint density at radius 2 is 2.17 bits per heavy atom. The van der Waals surface area contributed by atoms with E-state index in [0.717, 1.165) is 25.2 Å². The van der Waals surface area contributed by atoms with Crippen LogP contribution in [0.3, 0.4) is 0 Å². The van der Waals surface area contributed by atoms with Crippen LogP contribution in [0.4, 0.5) is 5.69 Å². The molecular weight excluding hydrogens is 226 g/mol. The van der Waals surface area contributed by atoms with Gasteiger partial charge >= 0.3 is 0 Å². The summed E-state index contributed by atoms with van der Waals surface area (Å²) in [5, 5.41) is 6.27. The number of likely N-dealkylation sites (N-methyl/N-ethyl adjacent to an activating group) is 1. The second kappa shape index (κ2) is 5.98. The van der Waals surface area contributed by atoms with Gasteiger partial charge in [0.1, 0.15) is 0 Å². The normalized spacial score (nSPS) is 20.9. The molecule has 2 N–H and O–H groups in total. The first-order valence-corrected chi connectivity index (χ1v) is 6.47. The molecule has 1 fully saturated rings. The van der Waals surface area contributed by atoms with Gasteiger partial charge in [-0.15, -0.1) is 0 Å². The van der Waals surface area contributed by atoms with Crippen molar-refractivity contribution in [2.45, 2.75) is 25.4 Å². The molecule has 4 heteroatoms. The fourth-order valence-electron chi connectivity index (χ4n) is 2.26. The number of benzene rings is 1. The molecular formula is C14H21N3O. The van der Waals surface area contributed by atoms with Crippen molar-refractivity contribution in [1.29, 1.82) is 0 Å². The smallest absolute Gasteiger partial charge is 0.241 e. The van der Waals surface area contributed by atoms with Crippen LogP contribution in [0.5, 0.6) is 0 Å². The van der Waals surface area contributed by atoms with Gasteiger partial charge in [0.05, 0.1) is 6.04 Å². The van der Waals surface area contributed by atoms with Gasteiger partial charge in [0.15, 0.2) is 0 Å². The van der Waals surface area contributed by atoms with E-state index in [9.17, 15) is 4.79 Å². The molecule has 2 rings (SSSR count). The van der Waals surface area contributed by atoms with Crippen molar-refractivity contribution in [3.8, 4) is 0 Å². The van der Waals surface area contributed by atoms with Crippen LogP contribution >= 0.6 is 0 Å². The van der Waals surface area contributed by atoms with Crippen molar-refractivity contribution in [2.75, 3.05) is 25.5 Å². The van der Waals surface area contributed by atoms with E-state index in [4.69, 9.17) is 0 Å². The number of hydrogen-bond acceptors (Lipinski definition) is 3. The first-order chi connectivity index (χ1) is 8.68. The Hall–Kier alpha value is -1.39. The van der Waals surface area contributed by atoms with Crippen LogP contribution in [-0.4, -0.2) is 43.0 Å². The maximum Gasteiger partial charge on any atom is 0.241 e.